The zero-order chi connectivity index (χ0) is 24.5. The van der Waals surface area contributed by atoms with E-state index in [1.807, 2.05) is 42.3 Å². The molecule has 1 N–H and O–H groups in total. The van der Waals surface area contributed by atoms with E-state index < -0.39 is 6.10 Å². The highest BCUT2D eigenvalue weighted by Crippen LogP contribution is 2.68. The van der Waals surface area contributed by atoms with Crippen molar-refractivity contribution in [3.05, 3.63) is 47.5 Å². The van der Waals surface area contributed by atoms with E-state index >= 15 is 0 Å². The van der Waals surface area contributed by atoms with Crippen LogP contribution in [0.5, 0.6) is 0 Å². The Morgan fingerprint density at radius 3 is 2.60 bits per heavy atom. The van der Waals surface area contributed by atoms with Crippen LogP contribution in [0.15, 0.2) is 42.0 Å². The molecule has 1 saturated heterocycles. The van der Waals surface area contributed by atoms with E-state index in [0.29, 0.717) is 11.0 Å². The Labute approximate surface area is 211 Å². The highest BCUT2D eigenvalue weighted by Gasteiger charge is 2.64. The van der Waals surface area contributed by atoms with Gasteiger partial charge in [0.15, 0.2) is 6.10 Å². The minimum absolute atomic E-state index is 0.171. The number of aliphatic hydroxyl groups excluding tert-OH is 1. The van der Waals surface area contributed by atoms with Crippen molar-refractivity contribution in [1.82, 2.24) is 9.80 Å². The Kier molecular flexibility index (Phi) is 5.73. The first-order valence-electron chi connectivity index (χ1n) is 14.2. The lowest BCUT2D eigenvalue weighted by molar-refractivity contribution is -0.142. The van der Waals surface area contributed by atoms with Crippen molar-refractivity contribution >= 4 is 5.91 Å². The van der Waals surface area contributed by atoms with Gasteiger partial charge < -0.3 is 14.9 Å². The predicted octanol–water partition coefficient (Wildman–Crippen LogP) is 5.44. The molecule has 1 aliphatic heterocycles. The molecule has 4 aliphatic carbocycles. The standard InChI is InChI=1S/C31H44N2O2/c1-20-25-12-13-27-24-11-10-22-18-23(33(4)29(35)28(34)21-8-6-5-7-9-21)14-16-30(22,2)26(24)15-17-31(25,27)19-32(20)3/h5-10,20,23-28,34H,11-19H2,1-4H3/t20-,23-,24+,25+,26-,27-,28+,30-,31-/m0/s1. The summed E-state index contributed by atoms with van der Waals surface area (Å²) in [5.74, 6) is 3.28. The van der Waals surface area contributed by atoms with Crippen molar-refractivity contribution in [2.45, 2.75) is 83.4 Å². The molecule has 0 unspecified atom stereocenters. The molecule has 1 aromatic rings. The normalized spacial score (nSPS) is 43.4. The number of rotatable bonds is 3. The topological polar surface area (TPSA) is 43.8 Å². The fraction of sp³-hybridized carbons (Fsp3) is 0.710. The number of benzene rings is 1. The first kappa shape index (κ1) is 23.7. The van der Waals surface area contributed by atoms with Crippen LogP contribution in [0.4, 0.5) is 0 Å². The molecule has 4 heteroatoms. The summed E-state index contributed by atoms with van der Waals surface area (Å²) in [4.78, 5) is 17.6. The number of amides is 1. The van der Waals surface area contributed by atoms with Crippen LogP contribution in [-0.2, 0) is 4.79 Å². The minimum atomic E-state index is -1.07. The zero-order valence-electron chi connectivity index (χ0n) is 22.1. The van der Waals surface area contributed by atoms with E-state index in [1.54, 1.807) is 5.57 Å². The first-order valence-corrected chi connectivity index (χ1v) is 14.2. The van der Waals surface area contributed by atoms with Gasteiger partial charge in [-0.1, -0.05) is 48.9 Å². The van der Waals surface area contributed by atoms with E-state index in [-0.39, 0.29) is 17.4 Å². The molecule has 0 aromatic heterocycles. The summed E-state index contributed by atoms with van der Waals surface area (Å²) in [7, 11) is 4.25. The summed E-state index contributed by atoms with van der Waals surface area (Å²) in [6, 6.07) is 10.3. The van der Waals surface area contributed by atoms with Crippen LogP contribution in [-0.4, -0.2) is 53.5 Å². The van der Waals surface area contributed by atoms with Gasteiger partial charge in [0.1, 0.15) is 0 Å². The average Bonchev–Trinajstić information content (AvgIpc) is 3.36. The van der Waals surface area contributed by atoms with E-state index in [4.69, 9.17) is 0 Å². The molecule has 1 spiro atoms. The van der Waals surface area contributed by atoms with Crippen molar-refractivity contribution in [3.8, 4) is 0 Å². The summed E-state index contributed by atoms with van der Waals surface area (Å²) in [5.41, 5.74) is 3.15. The molecule has 190 valence electrons. The molecule has 9 atom stereocenters. The van der Waals surface area contributed by atoms with E-state index in [2.05, 4.69) is 31.9 Å². The summed E-state index contributed by atoms with van der Waals surface area (Å²) in [6.45, 7) is 6.35. The molecular formula is C31H44N2O2. The number of aliphatic hydroxyl groups is 1. The lowest BCUT2D eigenvalue weighted by atomic mass is 9.47. The lowest BCUT2D eigenvalue weighted by Crippen LogP contribution is -2.53. The van der Waals surface area contributed by atoms with Gasteiger partial charge in [-0.05, 0) is 105 Å². The number of allylic oxidation sites excluding steroid dienone is 1. The summed E-state index contributed by atoms with van der Waals surface area (Å²) in [5, 5.41) is 10.7. The van der Waals surface area contributed by atoms with Crippen LogP contribution in [0, 0.1) is 34.5 Å². The molecule has 4 nitrogen and oxygen atoms in total. The fourth-order valence-corrected chi connectivity index (χ4v) is 9.92. The number of nitrogens with zero attached hydrogens (tertiary/aromatic N) is 2. The Hall–Kier alpha value is -1.65. The van der Waals surface area contributed by atoms with Crippen molar-refractivity contribution in [3.63, 3.8) is 0 Å². The third-order valence-electron chi connectivity index (χ3n) is 11.9. The van der Waals surface area contributed by atoms with Gasteiger partial charge in [-0.3, -0.25) is 4.79 Å². The van der Waals surface area contributed by atoms with Crippen LogP contribution in [0.2, 0.25) is 0 Å². The van der Waals surface area contributed by atoms with Crippen LogP contribution in [0.3, 0.4) is 0 Å². The van der Waals surface area contributed by atoms with E-state index in [9.17, 15) is 9.90 Å². The largest absolute Gasteiger partial charge is 0.378 e. The second-order valence-corrected chi connectivity index (χ2v) is 13.0. The number of likely N-dealkylation sites (tertiary alicyclic amines) is 1. The third-order valence-corrected chi connectivity index (χ3v) is 11.9. The van der Waals surface area contributed by atoms with Gasteiger partial charge in [0, 0.05) is 25.7 Å². The minimum Gasteiger partial charge on any atom is -0.378 e. The molecule has 1 aromatic carbocycles. The molecule has 5 aliphatic rings. The van der Waals surface area contributed by atoms with Gasteiger partial charge in [-0.25, -0.2) is 0 Å². The van der Waals surface area contributed by atoms with Gasteiger partial charge in [0.25, 0.3) is 5.91 Å². The molecule has 4 fully saturated rings. The highest BCUT2D eigenvalue weighted by molar-refractivity contribution is 5.82. The molecule has 35 heavy (non-hydrogen) atoms. The lowest BCUT2D eigenvalue weighted by Gasteiger charge is -2.58. The Bertz CT molecular complexity index is 1010. The van der Waals surface area contributed by atoms with Gasteiger partial charge in [-0.2, -0.15) is 0 Å². The molecule has 3 saturated carbocycles. The monoisotopic (exact) mass is 476 g/mol. The van der Waals surface area contributed by atoms with Gasteiger partial charge in [-0.15, -0.1) is 0 Å². The summed E-state index contributed by atoms with van der Waals surface area (Å²) >= 11 is 0. The summed E-state index contributed by atoms with van der Waals surface area (Å²) < 4.78 is 0. The SMILES string of the molecule is C[C@H]1[C@H]2CC[C@H]3[C@@H]4CC=C5C[C@@H](N(C)C(=O)[C@H](O)c6ccccc6)CC[C@]5(C)[C@H]4CC[C@]23CN1C. The molecule has 0 bridgehead atoms. The van der Waals surface area contributed by atoms with Crippen molar-refractivity contribution in [1.29, 1.82) is 0 Å². The van der Waals surface area contributed by atoms with Crippen molar-refractivity contribution < 1.29 is 9.90 Å². The maximum atomic E-state index is 13.1. The molecular weight excluding hydrogens is 432 g/mol. The van der Waals surface area contributed by atoms with Gasteiger partial charge >= 0.3 is 0 Å². The first-order chi connectivity index (χ1) is 16.8. The van der Waals surface area contributed by atoms with E-state index in [0.717, 1.165) is 42.6 Å². The van der Waals surface area contributed by atoms with E-state index in [1.165, 1.54) is 45.1 Å². The quantitative estimate of drug-likeness (QED) is 0.591. The molecule has 0 radical (unpaired) electrons. The Balaban J connectivity index is 1.19. The van der Waals surface area contributed by atoms with Crippen LogP contribution in [0.1, 0.15) is 76.9 Å². The second kappa shape index (κ2) is 8.45. The maximum Gasteiger partial charge on any atom is 0.256 e. The van der Waals surface area contributed by atoms with Crippen LogP contribution < -0.4 is 0 Å². The van der Waals surface area contributed by atoms with Crippen molar-refractivity contribution in [2.24, 2.45) is 34.5 Å². The average molecular weight is 477 g/mol. The molecule has 1 heterocycles. The highest BCUT2D eigenvalue weighted by atomic mass is 16.3. The third kappa shape index (κ3) is 3.42. The predicted molar refractivity (Wildman–Crippen MR) is 140 cm³/mol. The van der Waals surface area contributed by atoms with Crippen LogP contribution >= 0.6 is 0 Å². The summed E-state index contributed by atoms with van der Waals surface area (Å²) in [6.07, 6.45) is 11.6. The van der Waals surface area contributed by atoms with Gasteiger partial charge in [0.05, 0.1) is 0 Å². The Morgan fingerprint density at radius 1 is 1.09 bits per heavy atom. The smallest absolute Gasteiger partial charge is 0.256 e. The number of carbonyl (C=O) groups excluding carboxylic acids is 1. The molecule has 6 rings (SSSR count). The van der Waals surface area contributed by atoms with Crippen molar-refractivity contribution in [2.75, 3.05) is 20.6 Å². The van der Waals surface area contributed by atoms with Crippen LogP contribution in [0.25, 0.3) is 0 Å². The zero-order valence-corrected chi connectivity index (χ0v) is 22.1. The number of carbonyl (C=O) groups is 1. The van der Waals surface area contributed by atoms with Gasteiger partial charge in [0.2, 0.25) is 0 Å². The Morgan fingerprint density at radius 2 is 1.83 bits per heavy atom. The number of hydrogen-bond donors (Lipinski definition) is 1. The second-order valence-electron chi connectivity index (χ2n) is 13.0. The number of hydrogen-bond acceptors (Lipinski definition) is 3. The molecule has 1 amide bonds. The maximum absolute atomic E-state index is 13.1. The number of likely N-dealkylation sites (N-methyl/N-ethyl adjacent to an activating group) is 1. The fourth-order valence-electron chi connectivity index (χ4n) is 9.92. The number of fused-ring (bicyclic) bond motifs is 4.